The van der Waals surface area contributed by atoms with Crippen molar-refractivity contribution in [1.29, 1.82) is 0 Å². The fourth-order valence-electron chi connectivity index (χ4n) is 2.87. The van der Waals surface area contributed by atoms with Crippen LogP contribution in [-0.2, 0) is 0 Å². The van der Waals surface area contributed by atoms with Crippen molar-refractivity contribution in [2.75, 3.05) is 37.5 Å². The van der Waals surface area contributed by atoms with Crippen LogP contribution in [0.4, 0.5) is 17.3 Å². The second-order valence-electron chi connectivity index (χ2n) is 6.12. The van der Waals surface area contributed by atoms with E-state index in [9.17, 15) is 0 Å². The van der Waals surface area contributed by atoms with Crippen molar-refractivity contribution < 1.29 is 9.47 Å². The average Bonchev–Trinajstić information content (AvgIpc) is 2.63. The summed E-state index contributed by atoms with van der Waals surface area (Å²) < 4.78 is 10.7. The highest BCUT2D eigenvalue weighted by molar-refractivity contribution is 5.67. The van der Waals surface area contributed by atoms with Crippen molar-refractivity contribution in [2.24, 2.45) is 5.92 Å². The Kier molecular flexibility index (Phi) is 5.03. The predicted octanol–water partition coefficient (Wildman–Crippen LogP) is 3.47. The van der Waals surface area contributed by atoms with Crippen molar-refractivity contribution in [1.82, 2.24) is 9.97 Å². The number of methoxy groups -OCH3 is 2. The Labute approximate surface area is 142 Å². The summed E-state index contributed by atoms with van der Waals surface area (Å²) in [6.07, 6.45) is 4.02. The number of rotatable bonds is 5. The van der Waals surface area contributed by atoms with Crippen molar-refractivity contribution >= 4 is 17.3 Å². The number of aromatic nitrogens is 2. The van der Waals surface area contributed by atoms with Gasteiger partial charge in [0.15, 0.2) is 0 Å². The van der Waals surface area contributed by atoms with E-state index in [1.54, 1.807) is 20.5 Å². The van der Waals surface area contributed by atoms with Crippen LogP contribution in [-0.4, -0.2) is 37.3 Å². The Balaban J connectivity index is 1.77. The number of piperidine rings is 1. The molecule has 0 bridgehead atoms. The standard InChI is InChI=1S/C18H24N4O2/c1-13-6-8-22(9-7-13)18-11-17(19-12-20-18)21-15-5-4-14(23-2)10-16(15)24-3/h4-5,10-13H,6-9H2,1-3H3,(H,19,20,21). The molecule has 1 aliphatic heterocycles. The summed E-state index contributed by atoms with van der Waals surface area (Å²) in [5.41, 5.74) is 0.843. The van der Waals surface area contributed by atoms with Crippen molar-refractivity contribution in [2.45, 2.75) is 19.8 Å². The number of hydrogen-bond donors (Lipinski definition) is 1. The number of benzene rings is 1. The first-order valence-electron chi connectivity index (χ1n) is 8.25. The molecular weight excluding hydrogens is 304 g/mol. The van der Waals surface area contributed by atoms with E-state index in [1.165, 1.54) is 12.8 Å². The maximum atomic E-state index is 5.42. The van der Waals surface area contributed by atoms with E-state index < -0.39 is 0 Å². The molecule has 24 heavy (non-hydrogen) atoms. The smallest absolute Gasteiger partial charge is 0.146 e. The predicted molar refractivity (Wildman–Crippen MR) is 95.5 cm³/mol. The third kappa shape index (κ3) is 3.69. The number of ether oxygens (including phenoxy) is 2. The normalized spacial score (nSPS) is 15.2. The molecule has 6 nitrogen and oxygen atoms in total. The largest absolute Gasteiger partial charge is 0.497 e. The Morgan fingerprint density at radius 2 is 1.88 bits per heavy atom. The molecular formula is C18H24N4O2. The minimum Gasteiger partial charge on any atom is -0.497 e. The number of hydrogen-bond acceptors (Lipinski definition) is 6. The molecule has 128 valence electrons. The monoisotopic (exact) mass is 328 g/mol. The quantitative estimate of drug-likeness (QED) is 0.907. The molecule has 0 amide bonds. The Hall–Kier alpha value is -2.50. The summed E-state index contributed by atoms with van der Waals surface area (Å²) in [6, 6.07) is 7.64. The topological polar surface area (TPSA) is 59.5 Å². The van der Waals surface area contributed by atoms with Gasteiger partial charge >= 0.3 is 0 Å². The van der Waals surface area contributed by atoms with Gasteiger partial charge in [0.05, 0.1) is 19.9 Å². The molecule has 0 radical (unpaired) electrons. The molecule has 1 saturated heterocycles. The Morgan fingerprint density at radius 3 is 2.58 bits per heavy atom. The maximum absolute atomic E-state index is 5.42. The molecule has 0 unspecified atom stereocenters. The van der Waals surface area contributed by atoms with Gasteiger partial charge in [0, 0.05) is 25.2 Å². The van der Waals surface area contributed by atoms with Crippen LogP contribution in [0.2, 0.25) is 0 Å². The molecule has 3 rings (SSSR count). The van der Waals surface area contributed by atoms with Crippen LogP contribution in [0.5, 0.6) is 11.5 Å². The lowest BCUT2D eigenvalue weighted by Crippen LogP contribution is -2.33. The van der Waals surface area contributed by atoms with Gasteiger partial charge in [0.1, 0.15) is 29.5 Å². The first-order chi connectivity index (χ1) is 11.7. The van der Waals surface area contributed by atoms with E-state index in [1.807, 2.05) is 24.3 Å². The van der Waals surface area contributed by atoms with Gasteiger partial charge in [0.2, 0.25) is 0 Å². The van der Waals surface area contributed by atoms with Gasteiger partial charge in [0.25, 0.3) is 0 Å². The van der Waals surface area contributed by atoms with E-state index >= 15 is 0 Å². The molecule has 6 heteroatoms. The SMILES string of the molecule is COc1ccc(Nc2cc(N3CCC(C)CC3)ncn2)c(OC)c1. The van der Waals surface area contributed by atoms with Gasteiger partial charge < -0.3 is 19.7 Å². The third-order valence-electron chi connectivity index (χ3n) is 4.43. The average molecular weight is 328 g/mol. The van der Waals surface area contributed by atoms with Crippen LogP contribution >= 0.6 is 0 Å². The van der Waals surface area contributed by atoms with Crippen LogP contribution in [0, 0.1) is 5.92 Å². The molecule has 0 spiro atoms. The third-order valence-corrected chi connectivity index (χ3v) is 4.43. The van der Waals surface area contributed by atoms with Crippen LogP contribution in [0.1, 0.15) is 19.8 Å². The summed E-state index contributed by atoms with van der Waals surface area (Å²) in [4.78, 5) is 11.1. The van der Waals surface area contributed by atoms with Crippen molar-refractivity contribution in [3.8, 4) is 11.5 Å². The minimum absolute atomic E-state index is 0.710. The number of nitrogens with one attached hydrogen (secondary N) is 1. The van der Waals surface area contributed by atoms with E-state index in [4.69, 9.17) is 9.47 Å². The van der Waals surface area contributed by atoms with Crippen molar-refractivity contribution in [3.05, 3.63) is 30.6 Å². The molecule has 1 aromatic carbocycles. The molecule has 2 heterocycles. The lowest BCUT2D eigenvalue weighted by Gasteiger charge is -2.31. The lowest BCUT2D eigenvalue weighted by molar-refractivity contribution is 0.395. The first-order valence-corrected chi connectivity index (χ1v) is 8.25. The van der Waals surface area contributed by atoms with Gasteiger partial charge in [-0.25, -0.2) is 9.97 Å². The van der Waals surface area contributed by atoms with Crippen LogP contribution in [0.25, 0.3) is 0 Å². The van der Waals surface area contributed by atoms with Crippen LogP contribution < -0.4 is 19.7 Å². The highest BCUT2D eigenvalue weighted by Gasteiger charge is 2.17. The Morgan fingerprint density at radius 1 is 1.08 bits per heavy atom. The molecule has 0 aliphatic carbocycles. The van der Waals surface area contributed by atoms with Gasteiger partial charge in [-0.3, -0.25) is 0 Å². The van der Waals surface area contributed by atoms with E-state index in [-0.39, 0.29) is 0 Å². The molecule has 0 atom stereocenters. The molecule has 2 aromatic rings. The number of anilines is 3. The Bertz CT molecular complexity index is 684. The molecule has 0 saturated carbocycles. The zero-order valence-electron chi connectivity index (χ0n) is 14.5. The highest BCUT2D eigenvalue weighted by Crippen LogP contribution is 2.31. The second kappa shape index (κ2) is 7.38. The zero-order chi connectivity index (χ0) is 16.9. The zero-order valence-corrected chi connectivity index (χ0v) is 14.5. The second-order valence-corrected chi connectivity index (χ2v) is 6.12. The fourth-order valence-corrected chi connectivity index (χ4v) is 2.87. The van der Waals surface area contributed by atoms with E-state index in [0.717, 1.165) is 42.1 Å². The van der Waals surface area contributed by atoms with E-state index in [2.05, 4.69) is 27.1 Å². The van der Waals surface area contributed by atoms with Gasteiger partial charge in [-0.05, 0) is 30.9 Å². The van der Waals surface area contributed by atoms with Crippen LogP contribution in [0.3, 0.4) is 0 Å². The van der Waals surface area contributed by atoms with Gasteiger partial charge in [-0.1, -0.05) is 6.92 Å². The van der Waals surface area contributed by atoms with Gasteiger partial charge in [-0.2, -0.15) is 0 Å². The fraction of sp³-hybridized carbons (Fsp3) is 0.444. The summed E-state index contributed by atoms with van der Waals surface area (Å²) in [5, 5.41) is 3.30. The first kappa shape index (κ1) is 16.4. The van der Waals surface area contributed by atoms with E-state index in [0.29, 0.717) is 5.75 Å². The molecule has 1 fully saturated rings. The maximum Gasteiger partial charge on any atom is 0.146 e. The summed E-state index contributed by atoms with van der Waals surface area (Å²) in [7, 11) is 3.28. The molecule has 1 N–H and O–H groups in total. The van der Waals surface area contributed by atoms with Crippen molar-refractivity contribution in [3.63, 3.8) is 0 Å². The minimum atomic E-state index is 0.710. The highest BCUT2D eigenvalue weighted by atomic mass is 16.5. The molecule has 1 aliphatic rings. The summed E-state index contributed by atoms with van der Waals surface area (Å²) in [6.45, 7) is 4.40. The summed E-state index contributed by atoms with van der Waals surface area (Å²) in [5.74, 6) is 3.97. The summed E-state index contributed by atoms with van der Waals surface area (Å²) >= 11 is 0. The van der Waals surface area contributed by atoms with Crippen LogP contribution in [0.15, 0.2) is 30.6 Å². The molecule has 1 aromatic heterocycles. The lowest BCUT2D eigenvalue weighted by atomic mass is 9.99. The number of nitrogens with zero attached hydrogens (tertiary/aromatic N) is 3. The van der Waals surface area contributed by atoms with Gasteiger partial charge in [-0.15, -0.1) is 0 Å².